The predicted octanol–water partition coefficient (Wildman–Crippen LogP) is 0.254. The van der Waals surface area contributed by atoms with E-state index in [0.29, 0.717) is 0 Å². The lowest BCUT2D eigenvalue weighted by Gasteiger charge is -2.25. The number of ether oxygens (including phenoxy) is 3. The van der Waals surface area contributed by atoms with Gasteiger partial charge in [-0.05, 0) is 13.8 Å². The van der Waals surface area contributed by atoms with Crippen molar-refractivity contribution in [1.29, 1.82) is 0 Å². The van der Waals surface area contributed by atoms with E-state index in [2.05, 4.69) is 0 Å². The van der Waals surface area contributed by atoms with Crippen LogP contribution >= 0.6 is 0 Å². The molecule has 2 aliphatic heterocycles. The van der Waals surface area contributed by atoms with E-state index in [1.54, 1.807) is 13.8 Å². The Morgan fingerprint density at radius 1 is 1.38 bits per heavy atom. The summed E-state index contributed by atoms with van der Waals surface area (Å²) in [6, 6.07) is 0. The highest BCUT2D eigenvalue weighted by atomic mass is 16.8. The van der Waals surface area contributed by atoms with Crippen LogP contribution in [-0.4, -0.2) is 34.5 Å². The third-order valence-electron chi connectivity index (χ3n) is 2.03. The average molecular weight is 188 g/mol. The number of aliphatic hydroxyl groups is 2. The molecule has 3 atom stereocenters. The molecule has 74 valence electrons. The van der Waals surface area contributed by atoms with Crippen molar-refractivity contribution in [3.8, 4) is 0 Å². The summed E-state index contributed by atoms with van der Waals surface area (Å²) in [5.41, 5.74) is 0. The van der Waals surface area contributed by atoms with E-state index in [1.807, 2.05) is 0 Å². The molecule has 2 rings (SSSR count). The van der Waals surface area contributed by atoms with E-state index in [-0.39, 0.29) is 5.76 Å². The first-order valence-electron chi connectivity index (χ1n) is 4.08. The van der Waals surface area contributed by atoms with Crippen LogP contribution in [0.15, 0.2) is 12.0 Å². The molecule has 2 N–H and O–H groups in total. The van der Waals surface area contributed by atoms with E-state index in [4.69, 9.17) is 14.2 Å². The summed E-state index contributed by atoms with van der Waals surface area (Å²) in [5, 5.41) is 18.7. The minimum atomic E-state index is -1.08. The predicted molar refractivity (Wildman–Crippen MR) is 41.6 cm³/mol. The Morgan fingerprint density at radius 3 is 2.69 bits per heavy atom. The molecule has 0 aliphatic carbocycles. The lowest BCUT2D eigenvalue weighted by molar-refractivity contribution is -0.185. The van der Waals surface area contributed by atoms with Crippen molar-refractivity contribution < 1.29 is 24.4 Å². The molecule has 0 spiro atoms. The molecule has 0 saturated carbocycles. The number of fused-ring (bicyclic) bond motifs is 1. The molecular formula is C8H12O5. The second-order valence-corrected chi connectivity index (χ2v) is 3.59. The molecule has 1 fully saturated rings. The quantitative estimate of drug-likeness (QED) is 0.570. The van der Waals surface area contributed by atoms with Gasteiger partial charge >= 0.3 is 0 Å². The first kappa shape index (κ1) is 8.80. The maximum Gasteiger partial charge on any atom is 0.226 e. The van der Waals surface area contributed by atoms with Gasteiger partial charge in [0.1, 0.15) is 6.26 Å². The highest BCUT2D eigenvalue weighted by Gasteiger charge is 2.49. The third kappa shape index (κ3) is 1.39. The van der Waals surface area contributed by atoms with Crippen LogP contribution in [-0.2, 0) is 14.2 Å². The van der Waals surface area contributed by atoms with Gasteiger partial charge in [-0.3, -0.25) is 0 Å². The molecule has 2 heterocycles. The van der Waals surface area contributed by atoms with E-state index in [1.165, 1.54) is 0 Å². The Labute approximate surface area is 75.5 Å². The van der Waals surface area contributed by atoms with Gasteiger partial charge in [-0.25, -0.2) is 0 Å². The van der Waals surface area contributed by atoms with Gasteiger partial charge < -0.3 is 24.4 Å². The topological polar surface area (TPSA) is 68.2 Å². The summed E-state index contributed by atoms with van der Waals surface area (Å²) >= 11 is 0. The van der Waals surface area contributed by atoms with Crippen molar-refractivity contribution >= 4 is 0 Å². The lowest BCUT2D eigenvalue weighted by Crippen LogP contribution is -2.40. The van der Waals surface area contributed by atoms with Gasteiger partial charge in [0.05, 0.1) is 0 Å². The summed E-state index contributed by atoms with van der Waals surface area (Å²) in [6.07, 6.45) is -1.28. The molecule has 1 saturated heterocycles. The molecule has 5 nitrogen and oxygen atoms in total. The van der Waals surface area contributed by atoms with Gasteiger partial charge in [0.2, 0.25) is 6.29 Å². The fourth-order valence-electron chi connectivity index (χ4n) is 1.51. The van der Waals surface area contributed by atoms with Crippen LogP contribution in [0.3, 0.4) is 0 Å². The summed E-state index contributed by atoms with van der Waals surface area (Å²) in [4.78, 5) is 0. The SMILES string of the molecule is CC1(C)OC2[C@H](O)OC=C(O)[C@@H]2O1. The zero-order valence-electron chi connectivity index (χ0n) is 7.43. The minimum Gasteiger partial charge on any atom is -0.506 e. The highest BCUT2D eigenvalue weighted by Crippen LogP contribution is 2.35. The van der Waals surface area contributed by atoms with E-state index in [0.717, 1.165) is 6.26 Å². The molecule has 0 aromatic carbocycles. The molecule has 0 radical (unpaired) electrons. The van der Waals surface area contributed by atoms with Crippen LogP contribution < -0.4 is 0 Å². The molecule has 1 unspecified atom stereocenters. The van der Waals surface area contributed by atoms with Gasteiger partial charge in [-0.15, -0.1) is 0 Å². The van der Waals surface area contributed by atoms with Crippen molar-refractivity contribution in [3.05, 3.63) is 12.0 Å². The Bertz CT molecular complexity index is 247. The number of aliphatic hydroxyl groups excluding tert-OH is 2. The Hall–Kier alpha value is -0.780. The van der Waals surface area contributed by atoms with Crippen molar-refractivity contribution in [3.63, 3.8) is 0 Å². The largest absolute Gasteiger partial charge is 0.506 e. The standard InChI is InChI=1S/C8H12O5/c1-8(2)12-5-4(9)3-11-7(10)6(5)13-8/h3,5-7,9-10H,1-2H3/t5-,6?,7+/m0/s1. The van der Waals surface area contributed by atoms with Crippen LogP contribution in [0.4, 0.5) is 0 Å². The van der Waals surface area contributed by atoms with Gasteiger partial charge in [0.15, 0.2) is 23.8 Å². The Kier molecular flexibility index (Phi) is 1.76. The zero-order chi connectivity index (χ0) is 9.64. The molecule has 0 aromatic heterocycles. The van der Waals surface area contributed by atoms with Crippen LogP contribution in [0.5, 0.6) is 0 Å². The molecule has 0 bridgehead atoms. The first-order valence-corrected chi connectivity index (χ1v) is 4.08. The number of hydrogen-bond donors (Lipinski definition) is 2. The average Bonchev–Trinajstić information content (AvgIpc) is 2.35. The number of hydrogen-bond acceptors (Lipinski definition) is 5. The Morgan fingerprint density at radius 2 is 2.08 bits per heavy atom. The third-order valence-corrected chi connectivity index (χ3v) is 2.03. The monoisotopic (exact) mass is 188 g/mol. The molecule has 0 aromatic rings. The second kappa shape index (κ2) is 2.60. The zero-order valence-corrected chi connectivity index (χ0v) is 7.43. The van der Waals surface area contributed by atoms with Gasteiger partial charge in [0.25, 0.3) is 0 Å². The fraction of sp³-hybridized carbons (Fsp3) is 0.750. The first-order chi connectivity index (χ1) is 5.99. The van der Waals surface area contributed by atoms with Gasteiger partial charge in [-0.2, -0.15) is 0 Å². The molecule has 5 heteroatoms. The maximum atomic E-state index is 9.35. The normalized spacial score (nSPS) is 42.1. The summed E-state index contributed by atoms with van der Waals surface area (Å²) in [7, 11) is 0. The highest BCUT2D eigenvalue weighted by molar-refractivity contribution is 5.06. The summed E-state index contributed by atoms with van der Waals surface area (Å²) in [6.45, 7) is 3.43. The molecule has 13 heavy (non-hydrogen) atoms. The van der Waals surface area contributed by atoms with Crippen molar-refractivity contribution in [2.24, 2.45) is 0 Å². The molecule has 0 amide bonds. The van der Waals surface area contributed by atoms with Gasteiger partial charge in [-0.1, -0.05) is 0 Å². The maximum absolute atomic E-state index is 9.35. The summed E-state index contributed by atoms with van der Waals surface area (Å²) in [5.74, 6) is -0.855. The fourth-order valence-corrected chi connectivity index (χ4v) is 1.51. The minimum absolute atomic E-state index is 0.0547. The summed E-state index contributed by atoms with van der Waals surface area (Å²) < 4.78 is 15.4. The van der Waals surface area contributed by atoms with E-state index in [9.17, 15) is 10.2 Å². The van der Waals surface area contributed by atoms with Crippen molar-refractivity contribution in [2.75, 3.05) is 0 Å². The molecule has 2 aliphatic rings. The van der Waals surface area contributed by atoms with Gasteiger partial charge in [0, 0.05) is 0 Å². The number of rotatable bonds is 0. The van der Waals surface area contributed by atoms with Crippen molar-refractivity contribution in [2.45, 2.75) is 38.1 Å². The smallest absolute Gasteiger partial charge is 0.226 e. The van der Waals surface area contributed by atoms with Crippen LogP contribution in [0.1, 0.15) is 13.8 Å². The lowest BCUT2D eigenvalue weighted by atomic mass is 10.1. The van der Waals surface area contributed by atoms with Crippen LogP contribution in [0, 0.1) is 0 Å². The molecular weight excluding hydrogens is 176 g/mol. The van der Waals surface area contributed by atoms with Crippen LogP contribution in [0.2, 0.25) is 0 Å². The Balaban J connectivity index is 2.23. The van der Waals surface area contributed by atoms with E-state index < -0.39 is 24.3 Å². The van der Waals surface area contributed by atoms with Crippen LogP contribution in [0.25, 0.3) is 0 Å². The van der Waals surface area contributed by atoms with E-state index >= 15 is 0 Å². The second-order valence-electron chi connectivity index (χ2n) is 3.59. The van der Waals surface area contributed by atoms with Crippen molar-refractivity contribution in [1.82, 2.24) is 0 Å².